The van der Waals surface area contributed by atoms with E-state index < -0.39 is 77.8 Å². The van der Waals surface area contributed by atoms with Gasteiger partial charge in [0.1, 0.15) is 24.2 Å². The molecule has 1 aliphatic heterocycles. The second-order valence-corrected chi connectivity index (χ2v) is 14.9. The molecule has 2 aromatic heterocycles. The van der Waals surface area contributed by atoms with Gasteiger partial charge in [-0.25, -0.2) is 4.98 Å². The smallest absolute Gasteiger partial charge is 0.243 e. The summed E-state index contributed by atoms with van der Waals surface area (Å²) in [6, 6.07) is 11.3. The number of hydrogen-bond acceptors (Lipinski definition) is 10. The number of imidazole rings is 1. The minimum atomic E-state index is -1.26. The molecular formula is C39H48N12O7S. The highest BCUT2D eigenvalue weighted by atomic mass is 32.2. The summed E-state index contributed by atoms with van der Waals surface area (Å²) in [6.07, 6.45) is 4.80. The Hall–Kier alpha value is -6.70. The molecule has 1 aliphatic rings. The van der Waals surface area contributed by atoms with E-state index in [9.17, 15) is 33.6 Å². The number of H-pyrrole nitrogens is 2. The van der Waals surface area contributed by atoms with Crippen LogP contribution in [-0.4, -0.2) is 111 Å². The summed E-state index contributed by atoms with van der Waals surface area (Å²) < 4.78 is 0. The van der Waals surface area contributed by atoms with Crippen molar-refractivity contribution in [1.29, 1.82) is 5.41 Å². The van der Waals surface area contributed by atoms with Crippen molar-refractivity contribution in [3.05, 3.63) is 90.1 Å². The number of thioether (sulfide) groups is 1. The third-order valence-corrected chi connectivity index (χ3v) is 10.2. The molecule has 5 rings (SSSR count). The summed E-state index contributed by atoms with van der Waals surface area (Å²) in [6.45, 7) is -0.686. The topological polar surface area (TPSA) is 298 Å². The van der Waals surface area contributed by atoms with Gasteiger partial charge in [-0.2, -0.15) is 0 Å². The molecule has 19 nitrogen and oxygen atoms in total. The van der Waals surface area contributed by atoms with E-state index in [-0.39, 0.29) is 56.8 Å². The second-order valence-electron chi connectivity index (χ2n) is 13.8. The van der Waals surface area contributed by atoms with Gasteiger partial charge >= 0.3 is 0 Å². The number of carbonyl (C=O) groups excluding carboxylic acids is 7. The summed E-state index contributed by atoms with van der Waals surface area (Å²) >= 11 is 0.816. The summed E-state index contributed by atoms with van der Waals surface area (Å²) in [5.74, 6) is -4.28. The van der Waals surface area contributed by atoms with Crippen LogP contribution in [0.3, 0.4) is 0 Å². The fourth-order valence-electron chi connectivity index (χ4n) is 6.33. The zero-order valence-corrected chi connectivity index (χ0v) is 32.9. The lowest BCUT2D eigenvalue weighted by Gasteiger charge is -2.27. The predicted molar refractivity (Wildman–Crippen MR) is 219 cm³/mol. The number of guanidine groups is 1. The molecule has 0 aliphatic carbocycles. The molecular weight excluding hydrogens is 781 g/mol. The molecule has 0 unspecified atom stereocenters. The fraction of sp³-hybridized carbons (Fsp3) is 0.359. The van der Waals surface area contributed by atoms with Crippen molar-refractivity contribution < 1.29 is 33.6 Å². The molecule has 1 fully saturated rings. The number of fused-ring (bicyclic) bond motifs is 1. The van der Waals surface area contributed by atoms with Crippen LogP contribution in [0.1, 0.15) is 36.1 Å². The molecule has 0 spiro atoms. The minimum Gasteiger partial charge on any atom is -0.370 e. The van der Waals surface area contributed by atoms with E-state index in [2.05, 4.69) is 52.2 Å². The Labute approximate surface area is 343 Å². The number of carbonyl (C=O) groups is 7. The lowest BCUT2D eigenvalue weighted by molar-refractivity contribution is -0.134. The van der Waals surface area contributed by atoms with Gasteiger partial charge in [-0.3, -0.25) is 39.0 Å². The van der Waals surface area contributed by atoms with Crippen molar-refractivity contribution >= 4 is 69.2 Å². The maximum atomic E-state index is 14.3. The number of nitrogens with two attached hydrogens (primary N) is 1. The first-order valence-electron chi connectivity index (χ1n) is 19.0. The summed E-state index contributed by atoms with van der Waals surface area (Å²) in [4.78, 5) is 105. The third-order valence-electron chi connectivity index (χ3n) is 9.33. The minimum absolute atomic E-state index is 0.00456. The van der Waals surface area contributed by atoms with Crippen LogP contribution in [0.4, 0.5) is 0 Å². The highest BCUT2D eigenvalue weighted by Crippen LogP contribution is 2.19. The molecule has 4 atom stereocenters. The maximum Gasteiger partial charge on any atom is 0.243 e. The lowest BCUT2D eigenvalue weighted by Crippen LogP contribution is -2.59. The van der Waals surface area contributed by atoms with E-state index >= 15 is 0 Å². The van der Waals surface area contributed by atoms with Crippen LogP contribution >= 0.6 is 11.8 Å². The average Bonchev–Trinajstić information content (AvgIpc) is 3.89. The molecule has 0 saturated carbocycles. The van der Waals surface area contributed by atoms with Gasteiger partial charge in [0.25, 0.3) is 0 Å². The van der Waals surface area contributed by atoms with Gasteiger partial charge in [0.15, 0.2) is 5.96 Å². The Morgan fingerprint density at radius 1 is 0.746 bits per heavy atom. The number of amides is 6. The molecule has 0 bridgehead atoms. The molecule has 20 heteroatoms. The molecule has 6 amide bonds. The molecule has 312 valence electrons. The highest BCUT2D eigenvalue weighted by molar-refractivity contribution is 8.13. The van der Waals surface area contributed by atoms with Crippen molar-refractivity contribution in [2.45, 2.75) is 62.7 Å². The Morgan fingerprint density at radius 3 is 2.15 bits per heavy atom. The van der Waals surface area contributed by atoms with E-state index in [0.29, 0.717) is 16.8 Å². The van der Waals surface area contributed by atoms with E-state index in [0.717, 1.165) is 22.7 Å². The summed E-state index contributed by atoms with van der Waals surface area (Å²) in [5, 5.41) is 26.5. The highest BCUT2D eigenvalue weighted by Gasteiger charge is 2.32. The number of nitrogens with zero attached hydrogens (tertiary/aromatic N) is 1. The van der Waals surface area contributed by atoms with Crippen LogP contribution < -0.4 is 43.0 Å². The van der Waals surface area contributed by atoms with Gasteiger partial charge in [0.05, 0.1) is 25.1 Å². The molecule has 3 heterocycles. The lowest BCUT2D eigenvalue weighted by atomic mass is 10.0. The molecule has 2 aromatic carbocycles. The average molecular weight is 829 g/mol. The second kappa shape index (κ2) is 21.7. The van der Waals surface area contributed by atoms with E-state index in [1.54, 1.807) is 42.7 Å². The Kier molecular flexibility index (Phi) is 16.0. The Morgan fingerprint density at radius 2 is 1.42 bits per heavy atom. The molecule has 1 saturated heterocycles. The van der Waals surface area contributed by atoms with Crippen LogP contribution in [0, 0.1) is 5.41 Å². The van der Waals surface area contributed by atoms with Gasteiger partial charge in [-0.05, 0) is 30.0 Å². The number of aromatic amines is 2. The first-order valence-corrected chi connectivity index (χ1v) is 20.0. The van der Waals surface area contributed by atoms with Crippen LogP contribution in [0.2, 0.25) is 0 Å². The van der Waals surface area contributed by atoms with Crippen LogP contribution in [0.25, 0.3) is 10.9 Å². The monoisotopic (exact) mass is 828 g/mol. The van der Waals surface area contributed by atoms with E-state index in [4.69, 9.17) is 11.1 Å². The zero-order chi connectivity index (χ0) is 42.1. The normalized spacial score (nSPS) is 20.8. The van der Waals surface area contributed by atoms with Gasteiger partial charge < -0.3 is 52.9 Å². The number of hydrogen-bond donors (Lipinski definition) is 11. The van der Waals surface area contributed by atoms with Gasteiger partial charge in [-0.15, -0.1) is 0 Å². The first kappa shape index (κ1) is 43.4. The van der Waals surface area contributed by atoms with Gasteiger partial charge in [-0.1, -0.05) is 60.3 Å². The number of rotatable bonds is 10. The molecule has 0 radical (unpaired) electrons. The predicted octanol–water partition coefficient (Wildman–Crippen LogP) is -0.983. The summed E-state index contributed by atoms with van der Waals surface area (Å²) in [7, 11) is 0. The van der Waals surface area contributed by atoms with E-state index in [1.165, 1.54) is 6.33 Å². The van der Waals surface area contributed by atoms with Gasteiger partial charge in [0.2, 0.25) is 40.6 Å². The van der Waals surface area contributed by atoms with E-state index in [1.807, 2.05) is 24.3 Å². The molecule has 12 N–H and O–H groups in total. The quantitative estimate of drug-likeness (QED) is 0.0525. The van der Waals surface area contributed by atoms with Crippen LogP contribution in [-0.2, 0) is 52.8 Å². The Bertz CT molecular complexity index is 2110. The fourth-order valence-corrected chi connectivity index (χ4v) is 7.02. The van der Waals surface area contributed by atoms with Crippen molar-refractivity contribution in [1.82, 2.24) is 52.2 Å². The van der Waals surface area contributed by atoms with Crippen LogP contribution in [0.5, 0.6) is 0 Å². The first-order chi connectivity index (χ1) is 28.4. The zero-order valence-electron chi connectivity index (χ0n) is 32.1. The number of para-hydroxylation sites is 1. The third kappa shape index (κ3) is 13.7. The standard InChI is InChI=1S/C39H48N12O7S/c40-39(41)43-13-6-11-28-36(56)51-30(16-24-18-44-27-10-5-4-9-26(24)27)35(55)46-21-34(54)59-14-12-32(52)45-20-33(53)48-31(17-25-19-42-22-47-25)38(58)50-29(37(57)49-28)15-23-7-2-1-3-8-23/h1-5,7-10,18-19,22,28-31,44H,6,11-17,20-21H2,(H,42,47)(H,45,52)(H,46,55)(H,48,53)(H,49,57)(H,50,58)(H,51,56)(H4,40,41,43)/t28-,29+,30-,31-/m0/s1. The Balaban J connectivity index is 1.46. The number of benzene rings is 2. The van der Waals surface area contributed by atoms with Crippen LogP contribution in [0.15, 0.2) is 73.3 Å². The molecule has 59 heavy (non-hydrogen) atoms. The van der Waals surface area contributed by atoms with Crippen molar-refractivity contribution in [2.75, 3.05) is 25.4 Å². The largest absolute Gasteiger partial charge is 0.370 e. The van der Waals surface area contributed by atoms with Crippen molar-refractivity contribution in [3.8, 4) is 0 Å². The van der Waals surface area contributed by atoms with Crippen molar-refractivity contribution in [3.63, 3.8) is 0 Å². The van der Waals surface area contributed by atoms with Crippen molar-refractivity contribution in [2.24, 2.45) is 5.73 Å². The van der Waals surface area contributed by atoms with Gasteiger partial charge in [0, 0.05) is 61.3 Å². The maximum absolute atomic E-state index is 14.3. The molecule has 4 aromatic rings. The number of nitrogens with one attached hydrogen (secondary N) is 10. The SMILES string of the molecule is N=C(N)NCCC[C@@H]1NC(=O)[C@@H](Cc2ccccc2)NC(=O)[C@H](Cc2c[nH]cn2)NC(=O)CNC(=O)CCSC(=O)CNC(=O)[C@H](Cc2c[nH]c3ccccc23)NC1=O. The number of aromatic nitrogens is 3. The summed E-state index contributed by atoms with van der Waals surface area (Å²) in [5.41, 5.74) is 8.10.